The van der Waals surface area contributed by atoms with E-state index in [9.17, 15) is 0 Å². The summed E-state index contributed by atoms with van der Waals surface area (Å²) >= 11 is 2.22. The third-order valence-electron chi connectivity index (χ3n) is 2.85. The Morgan fingerprint density at radius 2 is 2.27 bits per heavy atom. The van der Waals surface area contributed by atoms with E-state index in [2.05, 4.69) is 56.3 Å². The molecular weight excluding hydrogens is 303 g/mol. The Labute approximate surface area is 104 Å². The first-order chi connectivity index (χ1) is 7.16. The number of hydrogen-bond acceptors (Lipinski definition) is 4. The summed E-state index contributed by atoms with van der Waals surface area (Å²) < 4.78 is 1.00. The predicted octanol–water partition coefficient (Wildman–Crippen LogP) is 1.22. The molecule has 15 heavy (non-hydrogen) atoms. The van der Waals surface area contributed by atoms with Crippen LogP contribution in [0.4, 0.5) is 5.95 Å². The van der Waals surface area contributed by atoms with E-state index in [1.54, 1.807) is 0 Å². The lowest BCUT2D eigenvalue weighted by Crippen LogP contribution is -2.50. The molecule has 1 aromatic rings. The zero-order chi connectivity index (χ0) is 10.8. The topological polar surface area (TPSA) is 32.3 Å². The third-order valence-corrected chi connectivity index (χ3v) is 3.45. The molecule has 2 heterocycles. The third kappa shape index (κ3) is 2.57. The Morgan fingerprint density at radius 1 is 1.47 bits per heavy atom. The van der Waals surface area contributed by atoms with Gasteiger partial charge < -0.3 is 9.80 Å². The summed E-state index contributed by atoms with van der Waals surface area (Å²) in [6, 6.07) is 2.49. The molecule has 1 aromatic heterocycles. The van der Waals surface area contributed by atoms with Gasteiger partial charge in [0.25, 0.3) is 0 Å². The number of rotatable bonds is 1. The largest absolute Gasteiger partial charge is 0.338 e. The summed E-state index contributed by atoms with van der Waals surface area (Å²) in [4.78, 5) is 13.4. The van der Waals surface area contributed by atoms with Gasteiger partial charge in [-0.25, -0.2) is 9.97 Å². The monoisotopic (exact) mass is 318 g/mol. The van der Waals surface area contributed by atoms with Gasteiger partial charge in [0.2, 0.25) is 5.95 Å². The number of hydrogen-bond donors (Lipinski definition) is 0. The molecule has 0 aliphatic carbocycles. The van der Waals surface area contributed by atoms with Crippen LogP contribution in [-0.4, -0.2) is 47.6 Å². The fourth-order valence-corrected chi connectivity index (χ4v) is 2.09. The van der Waals surface area contributed by atoms with Gasteiger partial charge in [-0.2, -0.15) is 0 Å². The Kier molecular flexibility index (Phi) is 3.40. The van der Waals surface area contributed by atoms with E-state index in [1.165, 1.54) is 0 Å². The maximum atomic E-state index is 4.44. The molecule has 1 aliphatic heterocycles. The van der Waals surface area contributed by atoms with Crippen molar-refractivity contribution in [3.8, 4) is 0 Å². The van der Waals surface area contributed by atoms with Crippen LogP contribution in [0.1, 0.15) is 6.92 Å². The van der Waals surface area contributed by atoms with Gasteiger partial charge in [-0.1, -0.05) is 0 Å². The molecule has 0 N–H and O–H groups in total. The minimum Gasteiger partial charge on any atom is -0.338 e. The highest BCUT2D eigenvalue weighted by Crippen LogP contribution is 2.14. The van der Waals surface area contributed by atoms with Crippen LogP contribution in [0.3, 0.4) is 0 Å². The number of nitrogens with zero attached hydrogens (tertiary/aromatic N) is 4. The zero-order valence-corrected chi connectivity index (χ0v) is 11.2. The number of halogens is 1. The molecule has 1 atom stereocenters. The average molecular weight is 318 g/mol. The SMILES string of the molecule is C[C@H]1CN(c2nccc(I)n2)CCN1C. The van der Waals surface area contributed by atoms with Crippen molar-refractivity contribution < 1.29 is 0 Å². The van der Waals surface area contributed by atoms with Crippen LogP contribution in [0.5, 0.6) is 0 Å². The van der Waals surface area contributed by atoms with Gasteiger partial charge in [-0.05, 0) is 42.6 Å². The lowest BCUT2D eigenvalue weighted by atomic mass is 10.2. The Balaban J connectivity index is 2.12. The first kappa shape index (κ1) is 11.1. The van der Waals surface area contributed by atoms with Gasteiger partial charge >= 0.3 is 0 Å². The van der Waals surface area contributed by atoms with Gasteiger partial charge in [-0.3, -0.25) is 0 Å². The molecule has 0 aromatic carbocycles. The Bertz CT molecular complexity index is 344. The van der Waals surface area contributed by atoms with Crippen molar-refractivity contribution in [1.82, 2.24) is 14.9 Å². The van der Waals surface area contributed by atoms with Crippen LogP contribution in [-0.2, 0) is 0 Å². The fraction of sp³-hybridized carbons (Fsp3) is 0.600. The molecule has 4 nitrogen and oxygen atoms in total. The highest BCUT2D eigenvalue weighted by atomic mass is 127. The molecule has 1 saturated heterocycles. The second kappa shape index (κ2) is 4.61. The number of likely N-dealkylation sites (N-methyl/N-ethyl adjacent to an activating group) is 1. The second-order valence-electron chi connectivity index (χ2n) is 3.96. The van der Waals surface area contributed by atoms with E-state index in [4.69, 9.17) is 0 Å². The normalized spacial score (nSPS) is 23.1. The summed E-state index contributed by atoms with van der Waals surface area (Å²) in [7, 11) is 2.16. The van der Waals surface area contributed by atoms with Gasteiger partial charge in [0.1, 0.15) is 3.70 Å². The van der Waals surface area contributed by atoms with Crippen molar-refractivity contribution in [2.24, 2.45) is 0 Å². The van der Waals surface area contributed by atoms with Gasteiger partial charge in [-0.15, -0.1) is 0 Å². The van der Waals surface area contributed by atoms with Crippen molar-refractivity contribution in [2.75, 3.05) is 31.6 Å². The molecule has 0 saturated carbocycles. The van der Waals surface area contributed by atoms with Crippen LogP contribution >= 0.6 is 22.6 Å². The van der Waals surface area contributed by atoms with Crippen molar-refractivity contribution in [1.29, 1.82) is 0 Å². The fourth-order valence-electron chi connectivity index (χ4n) is 1.71. The summed E-state index contributed by atoms with van der Waals surface area (Å²) in [5.41, 5.74) is 0. The molecule has 0 unspecified atom stereocenters. The molecule has 0 bridgehead atoms. The zero-order valence-electron chi connectivity index (χ0n) is 9.02. The summed E-state index contributed by atoms with van der Waals surface area (Å²) in [5.74, 6) is 0.863. The molecule has 5 heteroatoms. The van der Waals surface area contributed by atoms with Gasteiger partial charge in [0.15, 0.2) is 0 Å². The molecule has 0 amide bonds. The van der Waals surface area contributed by atoms with Crippen LogP contribution in [0, 0.1) is 3.70 Å². The van der Waals surface area contributed by atoms with Crippen molar-refractivity contribution in [3.05, 3.63) is 16.0 Å². The van der Waals surface area contributed by atoms with Crippen molar-refractivity contribution in [3.63, 3.8) is 0 Å². The van der Waals surface area contributed by atoms with Crippen LogP contribution in [0.15, 0.2) is 12.3 Å². The first-order valence-electron chi connectivity index (χ1n) is 5.10. The highest BCUT2D eigenvalue weighted by molar-refractivity contribution is 14.1. The minimum absolute atomic E-state index is 0.570. The Hall–Kier alpha value is -0.430. The maximum Gasteiger partial charge on any atom is 0.226 e. The summed E-state index contributed by atoms with van der Waals surface area (Å²) in [5, 5.41) is 0. The number of anilines is 1. The smallest absolute Gasteiger partial charge is 0.226 e. The molecule has 0 spiro atoms. The summed E-state index contributed by atoms with van der Waals surface area (Å²) in [6.07, 6.45) is 1.83. The molecule has 82 valence electrons. The minimum atomic E-state index is 0.570. The number of aromatic nitrogens is 2. The standard InChI is InChI=1S/C10H15IN4/c1-8-7-15(6-5-14(8)2)10-12-4-3-9(11)13-10/h3-4,8H,5-7H2,1-2H3/t8-/m0/s1. The Morgan fingerprint density at radius 3 is 2.93 bits per heavy atom. The van der Waals surface area contributed by atoms with E-state index in [0.29, 0.717) is 6.04 Å². The van der Waals surface area contributed by atoms with Gasteiger partial charge in [0, 0.05) is 31.9 Å². The number of piperazine rings is 1. The van der Waals surface area contributed by atoms with Crippen molar-refractivity contribution >= 4 is 28.5 Å². The quantitative estimate of drug-likeness (QED) is 0.576. The molecular formula is C10H15IN4. The van der Waals surface area contributed by atoms with E-state index >= 15 is 0 Å². The maximum absolute atomic E-state index is 4.44. The van der Waals surface area contributed by atoms with E-state index in [1.807, 2.05) is 12.3 Å². The van der Waals surface area contributed by atoms with Crippen LogP contribution in [0.2, 0.25) is 0 Å². The second-order valence-corrected chi connectivity index (χ2v) is 5.06. The predicted molar refractivity (Wildman–Crippen MR) is 69.1 cm³/mol. The molecule has 2 rings (SSSR count). The molecule has 0 radical (unpaired) electrons. The van der Waals surface area contributed by atoms with Gasteiger partial charge in [0.05, 0.1) is 0 Å². The molecule has 1 aliphatic rings. The van der Waals surface area contributed by atoms with E-state index < -0.39 is 0 Å². The van der Waals surface area contributed by atoms with E-state index in [-0.39, 0.29) is 0 Å². The average Bonchev–Trinajstić information content (AvgIpc) is 2.22. The lowest BCUT2D eigenvalue weighted by molar-refractivity contribution is 0.232. The highest BCUT2D eigenvalue weighted by Gasteiger charge is 2.22. The first-order valence-corrected chi connectivity index (χ1v) is 6.18. The molecule has 1 fully saturated rings. The summed E-state index contributed by atoms with van der Waals surface area (Å²) in [6.45, 7) is 5.34. The van der Waals surface area contributed by atoms with Crippen LogP contribution < -0.4 is 4.90 Å². The lowest BCUT2D eigenvalue weighted by Gasteiger charge is -2.37. The van der Waals surface area contributed by atoms with Crippen LogP contribution in [0.25, 0.3) is 0 Å². The van der Waals surface area contributed by atoms with E-state index in [0.717, 1.165) is 29.3 Å². The van der Waals surface area contributed by atoms with Crippen molar-refractivity contribution in [2.45, 2.75) is 13.0 Å².